The summed E-state index contributed by atoms with van der Waals surface area (Å²) in [7, 11) is 0. The van der Waals surface area contributed by atoms with Gasteiger partial charge in [0.25, 0.3) is 0 Å². The third-order valence-corrected chi connectivity index (χ3v) is 2.31. The summed E-state index contributed by atoms with van der Waals surface area (Å²) in [5.41, 5.74) is 0. The fourth-order valence-corrected chi connectivity index (χ4v) is 1.15. The van der Waals surface area contributed by atoms with Crippen molar-refractivity contribution in [3.05, 3.63) is 0 Å². The third kappa shape index (κ3) is 6.92. The van der Waals surface area contributed by atoms with Crippen LogP contribution in [0, 0.1) is 0 Å². The Labute approximate surface area is 102 Å². The van der Waals surface area contributed by atoms with Gasteiger partial charge in [-0.05, 0) is 13.3 Å². The molecule has 0 rings (SSSR count). The summed E-state index contributed by atoms with van der Waals surface area (Å²) in [6.07, 6.45) is -2.23. The van der Waals surface area contributed by atoms with Crippen molar-refractivity contribution >= 4 is 0 Å². The van der Waals surface area contributed by atoms with Gasteiger partial charge in [-0.1, -0.05) is 13.3 Å². The van der Waals surface area contributed by atoms with Crippen LogP contribution in [0.25, 0.3) is 0 Å². The maximum Gasteiger partial charge on any atom is 0.186 e. The van der Waals surface area contributed by atoms with E-state index in [-0.39, 0.29) is 6.61 Å². The van der Waals surface area contributed by atoms with Gasteiger partial charge in [-0.15, -0.1) is 0 Å². The molecule has 104 valence electrons. The molecule has 0 amide bonds. The van der Waals surface area contributed by atoms with Gasteiger partial charge < -0.3 is 29.9 Å². The maximum absolute atomic E-state index is 9.48. The van der Waals surface area contributed by atoms with Crippen LogP contribution >= 0.6 is 0 Å². The monoisotopic (exact) mass is 252 g/mol. The Morgan fingerprint density at radius 2 is 1.76 bits per heavy atom. The van der Waals surface area contributed by atoms with E-state index in [0.717, 1.165) is 12.8 Å². The molecule has 0 saturated carbocycles. The van der Waals surface area contributed by atoms with E-state index in [1.165, 1.54) is 6.92 Å². The SMILES string of the molecule is CCCCO[C@H](OC(CO)[C@H](C)O)[C@@H](O)CO. The van der Waals surface area contributed by atoms with Crippen LogP contribution in [0.3, 0.4) is 0 Å². The zero-order chi connectivity index (χ0) is 13.3. The molecule has 0 aliphatic rings. The second-order valence-electron chi connectivity index (χ2n) is 3.94. The first-order valence-corrected chi connectivity index (χ1v) is 5.91. The Kier molecular flexibility index (Phi) is 9.62. The lowest BCUT2D eigenvalue weighted by Crippen LogP contribution is -2.42. The third-order valence-electron chi connectivity index (χ3n) is 2.31. The molecule has 0 fully saturated rings. The van der Waals surface area contributed by atoms with E-state index in [0.29, 0.717) is 6.61 Å². The Balaban J connectivity index is 4.25. The highest BCUT2D eigenvalue weighted by molar-refractivity contribution is 4.67. The first kappa shape index (κ1) is 16.8. The van der Waals surface area contributed by atoms with Crippen molar-refractivity contribution in [2.45, 2.75) is 51.3 Å². The molecule has 1 unspecified atom stereocenters. The number of aliphatic hydroxyl groups excluding tert-OH is 4. The van der Waals surface area contributed by atoms with Gasteiger partial charge >= 0.3 is 0 Å². The molecule has 0 saturated heterocycles. The smallest absolute Gasteiger partial charge is 0.186 e. The number of hydrogen-bond donors (Lipinski definition) is 4. The lowest BCUT2D eigenvalue weighted by molar-refractivity contribution is -0.240. The molecule has 0 bridgehead atoms. The highest BCUT2D eigenvalue weighted by Crippen LogP contribution is 2.09. The summed E-state index contributed by atoms with van der Waals surface area (Å²) in [4.78, 5) is 0. The predicted octanol–water partition coefficient (Wildman–Crippen LogP) is -0.759. The molecule has 4 N–H and O–H groups in total. The van der Waals surface area contributed by atoms with Crippen molar-refractivity contribution in [3.8, 4) is 0 Å². The summed E-state index contributed by atoms with van der Waals surface area (Å²) < 4.78 is 10.5. The fraction of sp³-hybridized carbons (Fsp3) is 1.00. The Morgan fingerprint density at radius 1 is 1.12 bits per heavy atom. The molecule has 0 aromatic heterocycles. The van der Waals surface area contributed by atoms with Crippen molar-refractivity contribution in [2.24, 2.45) is 0 Å². The van der Waals surface area contributed by atoms with Crippen LogP contribution in [0.4, 0.5) is 0 Å². The van der Waals surface area contributed by atoms with Crippen LogP contribution in [0.5, 0.6) is 0 Å². The molecule has 6 heteroatoms. The largest absolute Gasteiger partial charge is 0.394 e. The maximum atomic E-state index is 9.48. The minimum absolute atomic E-state index is 0.385. The van der Waals surface area contributed by atoms with Gasteiger partial charge in [0.1, 0.15) is 12.2 Å². The second-order valence-corrected chi connectivity index (χ2v) is 3.94. The van der Waals surface area contributed by atoms with Gasteiger partial charge in [0, 0.05) is 6.61 Å². The fourth-order valence-electron chi connectivity index (χ4n) is 1.15. The van der Waals surface area contributed by atoms with Crippen LogP contribution in [0.1, 0.15) is 26.7 Å². The van der Waals surface area contributed by atoms with Gasteiger partial charge in [0.05, 0.1) is 19.3 Å². The number of unbranched alkanes of at least 4 members (excludes halogenated alkanes) is 1. The van der Waals surface area contributed by atoms with Gasteiger partial charge in [-0.25, -0.2) is 0 Å². The lowest BCUT2D eigenvalue weighted by Gasteiger charge is -2.28. The minimum atomic E-state index is -1.19. The molecule has 0 aromatic carbocycles. The molecular weight excluding hydrogens is 228 g/mol. The summed E-state index contributed by atoms with van der Waals surface area (Å²) in [6.45, 7) is 2.96. The molecule has 17 heavy (non-hydrogen) atoms. The van der Waals surface area contributed by atoms with E-state index in [1.54, 1.807) is 0 Å². The second kappa shape index (κ2) is 9.76. The van der Waals surface area contributed by atoms with Crippen molar-refractivity contribution < 1.29 is 29.9 Å². The van der Waals surface area contributed by atoms with E-state index in [9.17, 15) is 10.2 Å². The summed E-state index contributed by atoms with van der Waals surface area (Å²) in [5.74, 6) is 0. The van der Waals surface area contributed by atoms with Crippen LogP contribution in [0.15, 0.2) is 0 Å². The molecule has 0 aliphatic heterocycles. The Morgan fingerprint density at radius 3 is 2.18 bits per heavy atom. The summed E-state index contributed by atoms with van der Waals surface area (Å²) in [6, 6.07) is 0. The number of hydrogen-bond acceptors (Lipinski definition) is 6. The highest BCUT2D eigenvalue weighted by atomic mass is 16.7. The zero-order valence-corrected chi connectivity index (χ0v) is 10.5. The summed E-state index contributed by atoms with van der Waals surface area (Å²) >= 11 is 0. The lowest BCUT2D eigenvalue weighted by atomic mass is 10.2. The number of rotatable bonds is 10. The van der Waals surface area contributed by atoms with Gasteiger partial charge in [-0.2, -0.15) is 0 Å². The molecule has 0 radical (unpaired) electrons. The Bertz CT molecular complexity index is 175. The van der Waals surface area contributed by atoms with Crippen molar-refractivity contribution in [1.29, 1.82) is 0 Å². The average molecular weight is 252 g/mol. The van der Waals surface area contributed by atoms with Crippen LogP contribution in [0.2, 0.25) is 0 Å². The van der Waals surface area contributed by atoms with E-state index in [2.05, 4.69) is 0 Å². The van der Waals surface area contributed by atoms with Crippen LogP contribution < -0.4 is 0 Å². The summed E-state index contributed by atoms with van der Waals surface area (Å²) in [5, 5.41) is 36.6. The first-order valence-electron chi connectivity index (χ1n) is 5.91. The molecule has 0 heterocycles. The molecular formula is C11H24O6. The highest BCUT2D eigenvalue weighted by Gasteiger charge is 2.26. The Hall–Kier alpha value is -0.240. The number of aliphatic hydroxyl groups is 4. The molecule has 4 atom stereocenters. The van der Waals surface area contributed by atoms with Crippen molar-refractivity contribution in [1.82, 2.24) is 0 Å². The van der Waals surface area contributed by atoms with Crippen molar-refractivity contribution in [3.63, 3.8) is 0 Å². The topological polar surface area (TPSA) is 99.4 Å². The van der Waals surface area contributed by atoms with E-state index >= 15 is 0 Å². The van der Waals surface area contributed by atoms with E-state index in [4.69, 9.17) is 19.7 Å². The standard InChI is InChI=1S/C11H24O6/c1-3-4-5-16-11(9(15)6-12)17-10(7-13)8(2)14/h8-15H,3-7H2,1-2H3/t8-,9-,10?,11+/m0/s1. The molecule has 0 spiro atoms. The average Bonchev–Trinajstić information content (AvgIpc) is 2.32. The normalized spacial score (nSPS) is 18.7. The van der Waals surface area contributed by atoms with Gasteiger partial charge in [-0.3, -0.25) is 0 Å². The quantitative estimate of drug-likeness (QED) is 0.301. The van der Waals surface area contributed by atoms with Crippen molar-refractivity contribution in [2.75, 3.05) is 19.8 Å². The van der Waals surface area contributed by atoms with Crippen LogP contribution in [-0.4, -0.2) is 64.8 Å². The predicted molar refractivity (Wildman–Crippen MR) is 61.4 cm³/mol. The number of ether oxygens (including phenoxy) is 2. The molecule has 6 nitrogen and oxygen atoms in total. The zero-order valence-electron chi connectivity index (χ0n) is 10.5. The van der Waals surface area contributed by atoms with E-state index < -0.39 is 31.2 Å². The minimum Gasteiger partial charge on any atom is -0.394 e. The first-order chi connectivity index (χ1) is 8.06. The molecule has 0 aliphatic carbocycles. The molecule has 0 aromatic rings. The van der Waals surface area contributed by atoms with Crippen LogP contribution in [-0.2, 0) is 9.47 Å². The van der Waals surface area contributed by atoms with Gasteiger partial charge in [0.15, 0.2) is 6.29 Å². The van der Waals surface area contributed by atoms with E-state index in [1.807, 2.05) is 6.92 Å². The van der Waals surface area contributed by atoms with Gasteiger partial charge in [0.2, 0.25) is 0 Å².